The zero-order valence-electron chi connectivity index (χ0n) is 15.4. The summed E-state index contributed by atoms with van der Waals surface area (Å²) in [5, 5.41) is 4.29. The van der Waals surface area contributed by atoms with Crippen LogP contribution < -0.4 is 10.0 Å². The maximum Gasteiger partial charge on any atom is 0.416 e. The number of carbonyl (C=O) groups excluding carboxylic acids is 1. The highest BCUT2D eigenvalue weighted by Gasteiger charge is 2.30. The van der Waals surface area contributed by atoms with Crippen molar-refractivity contribution in [2.45, 2.75) is 17.5 Å². The Labute approximate surface area is 175 Å². The molecule has 1 aromatic heterocycles. The Kier molecular flexibility index (Phi) is 6.59. The minimum absolute atomic E-state index is 0.00991. The molecule has 0 aliphatic rings. The number of benzene rings is 2. The standard InChI is InChI=1S/C20H17F3N2O3S2/c21-20(22,23)15-3-1-4-16(13-15)25-19(26)14-6-8-18(9-7-14)30(27,28)24-11-10-17-5-2-12-29-17/h1-9,12-13,24H,10-11H2,(H,25,26). The summed E-state index contributed by atoms with van der Waals surface area (Å²) in [6, 6.07) is 13.2. The van der Waals surface area contributed by atoms with Gasteiger partial charge in [0.25, 0.3) is 5.91 Å². The van der Waals surface area contributed by atoms with Crippen LogP contribution in [0.1, 0.15) is 20.8 Å². The average molecular weight is 454 g/mol. The van der Waals surface area contributed by atoms with Gasteiger partial charge in [-0.05, 0) is 60.3 Å². The van der Waals surface area contributed by atoms with E-state index in [2.05, 4.69) is 10.0 Å². The Hall–Kier alpha value is -2.69. The molecule has 0 aliphatic heterocycles. The first-order valence-corrected chi connectivity index (χ1v) is 11.1. The van der Waals surface area contributed by atoms with Crippen LogP contribution in [-0.4, -0.2) is 20.9 Å². The molecule has 1 amide bonds. The number of sulfonamides is 1. The van der Waals surface area contributed by atoms with Gasteiger partial charge in [-0.1, -0.05) is 12.1 Å². The summed E-state index contributed by atoms with van der Waals surface area (Å²) in [6.07, 6.45) is -3.96. The summed E-state index contributed by atoms with van der Waals surface area (Å²) in [7, 11) is -3.74. The number of carbonyl (C=O) groups is 1. The topological polar surface area (TPSA) is 75.3 Å². The van der Waals surface area contributed by atoms with Crippen LogP contribution in [0.5, 0.6) is 0 Å². The molecular weight excluding hydrogens is 437 g/mol. The monoisotopic (exact) mass is 454 g/mol. The molecule has 0 radical (unpaired) electrons. The van der Waals surface area contributed by atoms with Crippen LogP contribution in [0.2, 0.25) is 0 Å². The van der Waals surface area contributed by atoms with Gasteiger partial charge in [-0.3, -0.25) is 4.79 Å². The largest absolute Gasteiger partial charge is 0.416 e. The van der Waals surface area contributed by atoms with Crippen LogP contribution in [0.25, 0.3) is 0 Å². The first kappa shape index (κ1) is 22.0. The molecule has 3 aromatic rings. The normalized spacial score (nSPS) is 12.0. The highest BCUT2D eigenvalue weighted by Crippen LogP contribution is 2.30. The third-order valence-corrected chi connectivity index (χ3v) is 6.53. The van der Waals surface area contributed by atoms with E-state index >= 15 is 0 Å². The van der Waals surface area contributed by atoms with Crippen molar-refractivity contribution < 1.29 is 26.4 Å². The Bertz CT molecular complexity index is 1110. The number of alkyl halides is 3. The molecule has 0 unspecified atom stereocenters. The van der Waals surface area contributed by atoms with Crippen molar-refractivity contribution in [2.75, 3.05) is 11.9 Å². The quantitative estimate of drug-likeness (QED) is 0.550. The number of nitrogens with one attached hydrogen (secondary N) is 2. The minimum atomic E-state index is -4.52. The van der Waals surface area contributed by atoms with E-state index in [-0.39, 0.29) is 22.7 Å². The Morgan fingerprint density at radius 3 is 2.37 bits per heavy atom. The second-order valence-electron chi connectivity index (χ2n) is 6.28. The zero-order chi connectivity index (χ0) is 21.8. The Morgan fingerprint density at radius 1 is 1.00 bits per heavy atom. The molecule has 5 nitrogen and oxygen atoms in total. The molecule has 0 aliphatic carbocycles. The van der Waals surface area contributed by atoms with Crippen LogP contribution in [0.15, 0.2) is 70.9 Å². The number of hydrogen-bond acceptors (Lipinski definition) is 4. The van der Waals surface area contributed by atoms with Crippen LogP contribution in [0, 0.1) is 0 Å². The number of hydrogen-bond donors (Lipinski definition) is 2. The van der Waals surface area contributed by atoms with Gasteiger partial charge < -0.3 is 5.32 Å². The molecular formula is C20H17F3N2O3S2. The predicted molar refractivity (Wildman–Crippen MR) is 109 cm³/mol. The third-order valence-electron chi connectivity index (χ3n) is 4.12. The summed E-state index contributed by atoms with van der Waals surface area (Å²) < 4.78 is 65.5. The van der Waals surface area contributed by atoms with E-state index in [4.69, 9.17) is 0 Å². The summed E-state index contributed by atoms with van der Waals surface area (Å²) in [4.78, 5) is 13.3. The molecule has 0 saturated carbocycles. The van der Waals surface area contributed by atoms with Gasteiger partial charge in [0.2, 0.25) is 10.0 Å². The van der Waals surface area contributed by atoms with Gasteiger partial charge in [0.15, 0.2) is 0 Å². The van der Waals surface area contributed by atoms with Crippen LogP contribution in [0.4, 0.5) is 18.9 Å². The molecule has 2 aromatic carbocycles. The fourth-order valence-electron chi connectivity index (χ4n) is 2.61. The second-order valence-corrected chi connectivity index (χ2v) is 9.08. The van der Waals surface area contributed by atoms with Gasteiger partial charge in [-0.25, -0.2) is 13.1 Å². The molecule has 158 valence electrons. The number of thiophene rings is 1. The SMILES string of the molecule is O=C(Nc1cccc(C(F)(F)F)c1)c1ccc(S(=O)(=O)NCCc2cccs2)cc1. The van der Waals surface area contributed by atoms with Gasteiger partial charge in [0.1, 0.15) is 0 Å². The maximum absolute atomic E-state index is 12.8. The molecule has 10 heteroatoms. The number of rotatable bonds is 7. The predicted octanol–water partition coefficient (Wildman–Crippen LogP) is 4.54. The van der Waals surface area contributed by atoms with E-state index in [0.717, 1.165) is 17.0 Å². The van der Waals surface area contributed by atoms with Crippen LogP contribution in [0.3, 0.4) is 0 Å². The van der Waals surface area contributed by atoms with Crippen molar-refractivity contribution in [3.05, 3.63) is 82.0 Å². The molecule has 0 atom stereocenters. The zero-order valence-corrected chi connectivity index (χ0v) is 17.1. The fraction of sp³-hybridized carbons (Fsp3) is 0.150. The Morgan fingerprint density at radius 2 is 1.73 bits per heavy atom. The van der Waals surface area contributed by atoms with Gasteiger partial charge in [0.05, 0.1) is 10.5 Å². The first-order chi connectivity index (χ1) is 14.1. The summed E-state index contributed by atoms with van der Waals surface area (Å²) in [5.74, 6) is -0.649. The van der Waals surface area contributed by atoms with Gasteiger partial charge in [-0.15, -0.1) is 11.3 Å². The molecule has 30 heavy (non-hydrogen) atoms. The van der Waals surface area contributed by atoms with E-state index in [1.807, 2.05) is 17.5 Å². The van der Waals surface area contributed by atoms with Gasteiger partial charge in [-0.2, -0.15) is 13.2 Å². The first-order valence-electron chi connectivity index (χ1n) is 8.76. The maximum atomic E-state index is 12.8. The summed E-state index contributed by atoms with van der Waals surface area (Å²) in [6.45, 7) is 0.237. The third kappa shape index (κ3) is 5.68. The number of anilines is 1. The molecule has 1 heterocycles. The molecule has 2 N–H and O–H groups in total. The number of amides is 1. The molecule has 0 saturated heterocycles. The lowest BCUT2D eigenvalue weighted by Gasteiger charge is -2.10. The van der Waals surface area contributed by atoms with Crippen molar-refractivity contribution in [3.8, 4) is 0 Å². The molecule has 0 fully saturated rings. The van der Waals surface area contributed by atoms with Crippen LogP contribution in [-0.2, 0) is 22.6 Å². The molecule has 0 spiro atoms. The van der Waals surface area contributed by atoms with Crippen molar-refractivity contribution in [1.29, 1.82) is 0 Å². The lowest BCUT2D eigenvalue weighted by atomic mass is 10.1. The van der Waals surface area contributed by atoms with Crippen LogP contribution >= 0.6 is 11.3 Å². The van der Waals surface area contributed by atoms with E-state index in [1.54, 1.807) is 0 Å². The van der Waals surface area contributed by atoms with E-state index in [0.29, 0.717) is 6.42 Å². The van der Waals surface area contributed by atoms with Gasteiger partial charge in [0, 0.05) is 22.7 Å². The van der Waals surface area contributed by atoms with Crippen molar-refractivity contribution in [3.63, 3.8) is 0 Å². The van der Waals surface area contributed by atoms with Gasteiger partial charge >= 0.3 is 6.18 Å². The van der Waals surface area contributed by atoms with E-state index in [1.165, 1.54) is 47.7 Å². The van der Waals surface area contributed by atoms with Crippen molar-refractivity contribution >= 4 is 33.0 Å². The minimum Gasteiger partial charge on any atom is -0.322 e. The van der Waals surface area contributed by atoms with E-state index in [9.17, 15) is 26.4 Å². The Balaban J connectivity index is 1.64. The second kappa shape index (κ2) is 8.99. The lowest BCUT2D eigenvalue weighted by Crippen LogP contribution is -2.26. The lowest BCUT2D eigenvalue weighted by molar-refractivity contribution is -0.137. The van der Waals surface area contributed by atoms with Crippen molar-refractivity contribution in [1.82, 2.24) is 4.72 Å². The van der Waals surface area contributed by atoms with E-state index < -0.39 is 27.7 Å². The number of halogens is 3. The smallest absolute Gasteiger partial charge is 0.322 e. The summed E-state index contributed by atoms with van der Waals surface area (Å²) in [5.41, 5.74) is -0.776. The highest BCUT2D eigenvalue weighted by molar-refractivity contribution is 7.89. The summed E-state index contributed by atoms with van der Waals surface area (Å²) >= 11 is 1.54. The average Bonchev–Trinajstić information content (AvgIpc) is 3.21. The highest BCUT2D eigenvalue weighted by atomic mass is 32.2. The molecule has 0 bridgehead atoms. The molecule has 3 rings (SSSR count). The fourth-order valence-corrected chi connectivity index (χ4v) is 4.35. The van der Waals surface area contributed by atoms with Crippen molar-refractivity contribution in [2.24, 2.45) is 0 Å².